The number of benzene rings is 2. The second-order valence-electron chi connectivity index (χ2n) is 8.43. The molecule has 2 aromatic carbocycles. The number of amides is 2. The highest BCUT2D eigenvalue weighted by Gasteiger charge is 2.38. The van der Waals surface area contributed by atoms with Gasteiger partial charge in [-0.1, -0.05) is 17.7 Å². The highest BCUT2D eigenvalue weighted by Crippen LogP contribution is 2.36. The molecule has 0 saturated carbocycles. The van der Waals surface area contributed by atoms with E-state index in [1.165, 1.54) is 25.3 Å². The molecule has 194 valence electrons. The Hall–Kier alpha value is -4.99. The molecule has 2 N–H and O–H groups in total. The first-order valence-corrected chi connectivity index (χ1v) is 11.5. The van der Waals surface area contributed by atoms with Crippen molar-refractivity contribution in [3.05, 3.63) is 101 Å². The summed E-state index contributed by atoms with van der Waals surface area (Å²) in [7, 11) is 1.21. The van der Waals surface area contributed by atoms with E-state index >= 15 is 0 Å². The Morgan fingerprint density at radius 2 is 1.66 bits per heavy atom. The van der Waals surface area contributed by atoms with E-state index in [0.29, 0.717) is 22.9 Å². The van der Waals surface area contributed by atoms with Crippen LogP contribution in [0.5, 0.6) is 0 Å². The van der Waals surface area contributed by atoms with Crippen molar-refractivity contribution in [2.24, 2.45) is 0 Å². The largest absolute Gasteiger partial charge is 0.465 e. The van der Waals surface area contributed by atoms with Gasteiger partial charge in [-0.2, -0.15) is 0 Å². The molecule has 0 bridgehead atoms. The number of ether oxygens (including phenoxy) is 1. The summed E-state index contributed by atoms with van der Waals surface area (Å²) in [5.74, 6) is -2.94. The first kappa shape index (κ1) is 26.1. The maximum Gasteiger partial charge on any atom is 0.343 e. The number of furan rings is 1. The predicted octanol–water partition coefficient (Wildman–Crippen LogP) is 3.86. The summed E-state index contributed by atoms with van der Waals surface area (Å²) in [4.78, 5) is 51.4. The highest BCUT2D eigenvalue weighted by atomic mass is 19.1. The van der Waals surface area contributed by atoms with Gasteiger partial charge in [-0.3, -0.25) is 14.4 Å². The molecule has 0 radical (unpaired) electrons. The van der Waals surface area contributed by atoms with Gasteiger partial charge in [0.2, 0.25) is 5.78 Å². The summed E-state index contributed by atoms with van der Waals surface area (Å²) in [6.07, 6.45) is 1.49. The average molecular weight is 518 g/mol. The molecular weight excluding hydrogens is 493 g/mol. The van der Waals surface area contributed by atoms with Crippen molar-refractivity contribution in [1.29, 1.82) is 0 Å². The molecular formula is C28H24FN3O6. The average Bonchev–Trinajstić information content (AvgIpc) is 3.45. The fourth-order valence-corrected chi connectivity index (χ4v) is 3.86. The van der Waals surface area contributed by atoms with Gasteiger partial charge in [-0.25, -0.2) is 9.18 Å². The van der Waals surface area contributed by atoms with Crippen LogP contribution < -0.4 is 15.5 Å². The summed E-state index contributed by atoms with van der Waals surface area (Å²) in [5.41, 5.74) is 2.51. The van der Waals surface area contributed by atoms with Crippen LogP contribution in [-0.2, 0) is 30.5 Å². The van der Waals surface area contributed by atoms with Crippen LogP contribution in [0.25, 0.3) is 6.08 Å². The molecule has 38 heavy (non-hydrogen) atoms. The van der Waals surface area contributed by atoms with Crippen LogP contribution in [0.1, 0.15) is 24.0 Å². The number of hydrogen-bond donors (Lipinski definition) is 2. The van der Waals surface area contributed by atoms with Crippen LogP contribution in [0.2, 0.25) is 0 Å². The summed E-state index contributed by atoms with van der Waals surface area (Å²) in [5, 5.41) is 4.80. The molecule has 0 saturated heterocycles. The monoisotopic (exact) mass is 517 g/mol. The van der Waals surface area contributed by atoms with Crippen LogP contribution in [0, 0.1) is 12.7 Å². The Balaban J connectivity index is 1.50. The van der Waals surface area contributed by atoms with Gasteiger partial charge in [0.15, 0.2) is 0 Å². The van der Waals surface area contributed by atoms with Crippen molar-refractivity contribution < 1.29 is 32.7 Å². The van der Waals surface area contributed by atoms with Crippen LogP contribution in [0.15, 0.2) is 82.0 Å². The van der Waals surface area contributed by atoms with Crippen molar-refractivity contribution in [2.45, 2.75) is 20.4 Å². The van der Waals surface area contributed by atoms with Crippen LogP contribution >= 0.6 is 0 Å². The number of esters is 1. The molecule has 2 amide bonds. The van der Waals surface area contributed by atoms with E-state index < -0.39 is 29.4 Å². The molecule has 9 nitrogen and oxygen atoms in total. The van der Waals surface area contributed by atoms with E-state index in [1.807, 2.05) is 31.2 Å². The maximum absolute atomic E-state index is 13.2. The van der Waals surface area contributed by atoms with Crippen LogP contribution in [0.3, 0.4) is 0 Å². The quantitative estimate of drug-likeness (QED) is 0.221. The third-order valence-corrected chi connectivity index (χ3v) is 5.77. The lowest BCUT2D eigenvalue weighted by Crippen LogP contribution is -2.34. The Kier molecular flexibility index (Phi) is 7.52. The normalized spacial score (nSPS) is 14.2. The van der Waals surface area contributed by atoms with Crippen LogP contribution in [-0.4, -0.2) is 30.7 Å². The van der Waals surface area contributed by atoms with E-state index in [0.717, 1.165) is 17.7 Å². The van der Waals surface area contributed by atoms with Crippen molar-refractivity contribution >= 4 is 41.0 Å². The molecule has 3 aromatic rings. The van der Waals surface area contributed by atoms with Gasteiger partial charge in [-0.05, 0) is 62.4 Å². The van der Waals surface area contributed by atoms with Gasteiger partial charge < -0.3 is 24.7 Å². The van der Waals surface area contributed by atoms with Crippen molar-refractivity contribution in [3.8, 4) is 0 Å². The third kappa shape index (κ3) is 5.54. The molecule has 0 atom stereocenters. The lowest BCUT2D eigenvalue weighted by atomic mass is 10.1. The predicted molar refractivity (Wildman–Crippen MR) is 137 cm³/mol. The minimum atomic E-state index is -0.923. The van der Waals surface area contributed by atoms with Crippen molar-refractivity contribution in [1.82, 2.24) is 5.32 Å². The lowest BCUT2D eigenvalue weighted by molar-refractivity contribution is -0.137. The molecule has 0 fully saturated rings. The first-order chi connectivity index (χ1) is 18.2. The molecule has 1 aromatic heterocycles. The number of carbonyl (C=O) groups excluding carboxylic acids is 4. The third-order valence-electron chi connectivity index (χ3n) is 5.77. The Morgan fingerprint density at radius 3 is 2.32 bits per heavy atom. The molecule has 0 aliphatic carbocycles. The van der Waals surface area contributed by atoms with Gasteiger partial charge in [0.1, 0.15) is 22.9 Å². The molecule has 1 aliphatic heterocycles. The summed E-state index contributed by atoms with van der Waals surface area (Å²) < 4.78 is 23.6. The fraction of sp³-hybridized carbons (Fsp3) is 0.143. The molecule has 4 rings (SSSR count). The van der Waals surface area contributed by atoms with Gasteiger partial charge in [0.25, 0.3) is 0 Å². The number of methoxy groups -OCH3 is 1. The number of hydrogen-bond acceptors (Lipinski definition) is 7. The number of allylic oxidation sites excluding steroid dienone is 2. The van der Waals surface area contributed by atoms with E-state index in [4.69, 9.17) is 9.15 Å². The number of nitrogens with zero attached hydrogens (tertiary/aromatic N) is 1. The highest BCUT2D eigenvalue weighted by molar-refractivity contribution is 6.39. The minimum absolute atomic E-state index is 0.0782. The zero-order valence-electron chi connectivity index (χ0n) is 20.8. The number of nitrogens with one attached hydrogen (secondary N) is 2. The van der Waals surface area contributed by atoms with E-state index in [2.05, 4.69) is 10.6 Å². The molecule has 0 unspecified atom stereocenters. The van der Waals surface area contributed by atoms with Crippen molar-refractivity contribution in [3.63, 3.8) is 0 Å². The first-order valence-electron chi connectivity index (χ1n) is 11.5. The standard InChI is InChI=1S/C28H24FN3O6/c1-16-4-10-20(11-5-16)32-17(2)24(28(36)37-3)25(33)23(32)14-21-12-13-22(38-21)15-30-26(34)27(35)31-19-8-6-18(29)7-9-19/h4-14H,15H2,1-3H3,(H,30,34)(H,31,35)/b23-14+. The molecule has 2 heterocycles. The number of anilines is 2. The van der Waals surface area contributed by atoms with Gasteiger partial charge in [0.05, 0.1) is 19.4 Å². The van der Waals surface area contributed by atoms with E-state index in [9.17, 15) is 23.6 Å². The second kappa shape index (κ2) is 11.0. The van der Waals surface area contributed by atoms with E-state index in [1.54, 1.807) is 24.0 Å². The number of halogens is 1. The van der Waals surface area contributed by atoms with Gasteiger partial charge in [-0.15, -0.1) is 0 Å². The number of Topliss-reactive ketones (excluding diaryl/α,β-unsaturated/α-hetero) is 1. The maximum atomic E-state index is 13.2. The zero-order valence-corrected chi connectivity index (χ0v) is 20.8. The lowest BCUT2D eigenvalue weighted by Gasteiger charge is -2.21. The summed E-state index contributed by atoms with van der Waals surface area (Å²) >= 11 is 0. The van der Waals surface area contributed by atoms with Crippen molar-refractivity contribution in [2.75, 3.05) is 17.3 Å². The number of ketones is 1. The second-order valence-corrected chi connectivity index (χ2v) is 8.43. The Bertz CT molecular complexity index is 1470. The van der Waals surface area contributed by atoms with E-state index in [-0.39, 0.29) is 23.5 Å². The summed E-state index contributed by atoms with van der Waals surface area (Å²) in [6, 6.07) is 15.6. The number of carbonyl (C=O) groups is 4. The zero-order chi connectivity index (χ0) is 27.4. The summed E-state index contributed by atoms with van der Waals surface area (Å²) in [6.45, 7) is 3.50. The minimum Gasteiger partial charge on any atom is -0.465 e. The molecule has 10 heteroatoms. The number of aryl methyl sites for hydroxylation is 1. The SMILES string of the molecule is COC(=O)C1=C(C)N(c2ccc(C)cc2)/C(=C/c2ccc(CNC(=O)C(=O)Nc3ccc(F)cc3)o2)C1=O. The Labute approximate surface area is 217 Å². The van der Waals surface area contributed by atoms with Gasteiger partial charge in [0, 0.05) is 23.1 Å². The Morgan fingerprint density at radius 1 is 0.974 bits per heavy atom. The number of rotatable bonds is 6. The molecule has 1 aliphatic rings. The van der Waals surface area contributed by atoms with Gasteiger partial charge >= 0.3 is 17.8 Å². The molecule has 0 spiro atoms. The smallest absolute Gasteiger partial charge is 0.343 e. The topological polar surface area (TPSA) is 118 Å². The van der Waals surface area contributed by atoms with Crippen LogP contribution in [0.4, 0.5) is 15.8 Å². The fourth-order valence-electron chi connectivity index (χ4n) is 3.86.